The number of hydrogen-bond acceptors (Lipinski definition) is 5. The number of amides is 1. The topological polar surface area (TPSA) is 90.3 Å². The molecule has 31 heavy (non-hydrogen) atoms. The van der Waals surface area contributed by atoms with Gasteiger partial charge in [-0.1, -0.05) is 32.9 Å². The van der Waals surface area contributed by atoms with Gasteiger partial charge in [-0.3, -0.25) is 4.79 Å². The highest BCUT2D eigenvalue weighted by Crippen LogP contribution is 2.33. The fourth-order valence-electron chi connectivity index (χ4n) is 3.58. The molecule has 3 aromatic rings. The molecule has 1 N–H and O–H groups in total. The third kappa shape index (κ3) is 4.20. The Morgan fingerprint density at radius 2 is 1.68 bits per heavy atom. The summed E-state index contributed by atoms with van der Waals surface area (Å²) >= 11 is 0. The standard InChI is InChI=1S/C23H25N3O4S/c1-23(2,3)16-7-5-15(6-8-16)22(27)24-21-19-13-31(28,29)14-20(19)25-26(21)17-9-11-18(30-4)12-10-17/h5-12H,13-14H2,1-4H3,(H,24,27). The molecule has 0 saturated heterocycles. The minimum Gasteiger partial charge on any atom is -0.497 e. The number of ether oxygens (including phenoxy) is 1. The number of benzene rings is 2. The molecule has 1 aromatic heterocycles. The lowest BCUT2D eigenvalue weighted by Gasteiger charge is -2.19. The smallest absolute Gasteiger partial charge is 0.256 e. The molecular formula is C23H25N3O4S. The van der Waals surface area contributed by atoms with Gasteiger partial charge in [-0.15, -0.1) is 0 Å². The third-order valence-electron chi connectivity index (χ3n) is 5.35. The first-order valence-corrected chi connectivity index (χ1v) is 11.8. The van der Waals surface area contributed by atoms with Gasteiger partial charge in [0, 0.05) is 11.1 Å². The van der Waals surface area contributed by atoms with Gasteiger partial charge in [-0.2, -0.15) is 5.10 Å². The lowest BCUT2D eigenvalue weighted by atomic mass is 9.87. The SMILES string of the molecule is COc1ccc(-n2nc3c(c2NC(=O)c2ccc(C(C)(C)C)cc2)CS(=O)(=O)C3)cc1. The van der Waals surface area contributed by atoms with Gasteiger partial charge in [0.2, 0.25) is 0 Å². The molecular weight excluding hydrogens is 414 g/mol. The van der Waals surface area contributed by atoms with E-state index in [1.807, 2.05) is 24.3 Å². The van der Waals surface area contributed by atoms with Gasteiger partial charge in [0.15, 0.2) is 9.84 Å². The largest absolute Gasteiger partial charge is 0.497 e. The van der Waals surface area contributed by atoms with Crippen LogP contribution < -0.4 is 10.1 Å². The van der Waals surface area contributed by atoms with Gasteiger partial charge in [0.1, 0.15) is 11.6 Å². The number of hydrogen-bond donors (Lipinski definition) is 1. The quantitative estimate of drug-likeness (QED) is 0.667. The fraction of sp³-hybridized carbons (Fsp3) is 0.304. The maximum absolute atomic E-state index is 13.0. The molecule has 2 aromatic carbocycles. The summed E-state index contributed by atoms with van der Waals surface area (Å²) < 4.78 is 31.1. The molecule has 4 rings (SSSR count). The second-order valence-electron chi connectivity index (χ2n) is 8.70. The van der Waals surface area contributed by atoms with Gasteiger partial charge >= 0.3 is 0 Å². The van der Waals surface area contributed by atoms with E-state index in [1.165, 1.54) is 0 Å². The van der Waals surface area contributed by atoms with Crippen LogP contribution in [0.1, 0.15) is 48.0 Å². The van der Waals surface area contributed by atoms with Crippen molar-refractivity contribution in [2.24, 2.45) is 0 Å². The molecule has 1 amide bonds. The number of rotatable bonds is 4. The molecule has 162 valence electrons. The van der Waals surface area contributed by atoms with Gasteiger partial charge in [-0.05, 0) is 47.4 Å². The van der Waals surface area contributed by atoms with Crippen molar-refractivity contribution >= 4 is 21.6 Å². The van der Waals surface area contributed by atoms with Crippen molar-refractivity contribution in [1.82, 2.24) is 9.78 Å². The number of carbonyl (C=O) groups is 1. The number of fused-ring (bicyclic) bond motifs is 1. The number of carbonyl (C=O) groups excluding carboxylic acids is 1. The molecule has 8 heteroatoms. The highest BCUT2D eigenvalue weighted by molar-refractivity contribution is 7.90. The molecule has 0 saturated carbocycles. The summed E-state index contributed by atoms with van der Waals surface area (Å²) in [6, 6.07) is 14.6. The Morgan fingerprint density at radius 1 is 1.03 bits per heavy atom. The van der Waals surface area contributed by atoms with Crippen LogP contribution in [-0.2, 0) is 26.8 Å². The van der Waals surface area contributed by atoms with Crippen LogP contribution in [-0.4, -0.2) is 31.2 Å². The van der Waals surface area contributed by atoms with Crippen LogP contribution in [0.5, 0.6) is 5.75 Å². The molecule has 0 unspecified atom stereocenters. The van der Waals surface area contributed by atoms with Crippen molar-refractivity contribution in [2.45, 2.75) is 37.7 Å². The summed E-state index contributed by atoms with van der Waals surface area (Å²) in [6.45, 7) is 6.33. The first-order valence-electron chi connectivity index (χ1n) is 9.95. The van der Waals surface area contributed by atoms with Crippen LogP contribution in [0, 0.1) is 0 Å². The Balaban J connectivity index is 1.70. The van der Waals surface area contributed by atoms with E-state index < -0.39 is 9.84 Å². The van der Waals surface area contributed by atoms with Crippen molar-refractivity contribution in [3.05, 3.63) is 70.9 Å². The minimum atomic E-state index is -3.26. The van der Waals surface area contributed by atoms with Gasteiger partial charge in [-0.25, -0.2) is 13.1 Å². The van der Waals surface area contributed by atoms with Gasteiger partial charge in [0.25, 0.3) is 5.91 Å². The number of nitrogens with zero attached hydrogens (tertiary/aromatic N) is 2. The predicted octanol–water partition coefficient (Wildman–Crippen LogP) is 3.86. The summed E-state index contributed by atoms with van der Waals surface area (Å²) in [4.78, 5) is 13.0. The van der Waals surface area contributed by atoms with Crippen LogP contribution in [0.2, 0.25) is 0 Å². The summed E-state index contributed by atoms with van der Waals surface area (Å²) in [5.74, 6) is 0.481. The second-order valence-corrected chi connectivity index (χ2v) is 10.8. The highest BCUT2D eigenvalue weighted by Gasteiger charge is 2.33. The van der Waals surface area contributed by atoms with Crippen LogP contribution in [0.4, 0.5) is 5.82 Å². The van der Waals surface area contributed by atoms with Crippen molar-refractivity contribution in [1.29, 1.82) is 0 Å². The number of anilines is 1. The van der Waals surface area contributed by atoms with E-state index in [-0.39, 0.29) is 22.8 Å². The number of aromatic nitrogens is 2. The van der Waals surface area contributed by atoms with E-state index in [4.69, 9.17) is 4.74 Å². The highest BCUT2D eigenvalue weighted by atomic mass is 32.2. The molecule has 0 fully saturated rings. The van der Waals surface area contributed by atoms with Crippen molar-refractivity contribution in [3.8, 4) is 11.4 Å². The Kier molecular flexibility index (Phi) is 5.13. The molecule has 1 aliphatic rings. The number of sulfone groups is 1. The molecule has 1 aliphatic heterocycles. The monoisotopic (exact) mass is 439 g/mol. The Morgan fingerprint density at radius 3 is 2.26 bits per heavy atom. The maximum Gasteiger partial charge on any atom is 0.256 e. The van der Waals surface area contributed by atoms with Gasteiger partial charge < -0.3 is 10.1 Å². The molecule has 0 bridgehead atoms. The molecule has 2 heterocycles. The van der Waals surface area contributed by atoms with Crippen molar-refractivity contribution in [2.75, 3.05) is 12.4 Å². The average molecular weight is 440 g/mol. The van der Waals surface area contributed by atoms with Crippen molar-refractivity contribution in [3.63, 3.8) is 0 Å². The molecule has 7 nitrogen and oxygen atoms in total. The Hall–Kier alpha value is -3.13. The summed E-state index contributed by atoms with van der Waals surface area (Å²) in [7, 11) is -1.68. The van der Waals surface area contributed by atoms with Crippen LogP contribution in [0.3, 0.4) is 0 Å². The second kappa shape index (κ2) is 7.53. The first-order chi connectivity index (χ1) is 14.6. The third-order valence-corrected chi connectivity index (χ3v) is 6.79. The molecule has 0 spiro atoms. The lowest BCUT2D eigenvalue weighted by Crippen LogP contribution is -2.17. The lowest BCUT2D eigenvalue weighted by molar-refractivity contribution is 0.102. The first kappa shape index (κ1) is 21.1. The normalized spacial score (nSPS) is 14.8. The van der Waals surface area contributed by atoms with E-state index in [1.54, 1.807) is 36.1 Å². The predicted molar refractivity (Wildman–Crippen MR) is 120 cm³/mol. The zero-order valence-electron chi connectivity index (χ0n) is 18.0. The van der Waals surface area contributed by atoms with E-state index in [2.05, 4.69) is 31.2 Å². The number of methoxy groups -OCH3 is 1. The molecule has 0 aliphatic carbocycles. The average Bonchev–Trinajstić information content (AvgIpc) is 3.20. The minimum absolute atomic E-state index is 0.0167. The number of nitrogens with one attached hydrogen (secondary N) is 1. The van der Waals surface area contributed by atoms with E-state index in [9.17, 15) is 13.2 Å². The van der Waals surface area contributed by atoms with Crippen LogP contribution >= 0.6 is 0 Å². The summed E-state index contributed by atoms with van der Waals surface area (Å²) in [5.41, 5.74) is 3.30. The van der Waals surface area contributed by atoms with Crippen molar-refractivity contribution < 1.29 is 17.9 Å². The fourth-order valence-corrected chi connectivity index (χ4v) is 5.08. The molecule has 0 radical (unpaired) electrons. The zero-order valence-corrected chi connectivity index (χ0v) is 18.8. The zero-order chi connectivity index (χ0) is 22.4. The van der Waals surface area contributed by atoms with E-state index in [0.717, 1.165) is 5.56 Å². The van der Waals surface area contributed by atoms with Crippen LogP contribution in [0.25, 0.3) is 5.69 Å². The van der Waals surface area contributed by atoms with E-state index >= 15 is 0 Å². The Labute approximate surface area is 182 Å². The summed E-state index contributed by atoms with van der Waals surface area (Å²) in [5, 5.41) is 7.38. The van der Waals surface area contributed by atoms with Gasteiger partial charge in [0.05, 0.1) is 30.0 Å². The van der Waals surface area contributed by atoms with Crippen LogP contribution in [0.15, 0.2) is 48.5 Å². The summed E-state index contributed by atoms with van der Waals surface area (Å²) in [6.07, 6.45) is 0. The Bertz CT molecular complexity index is 1240. The van der Waals surface area contributed by atoms with E-state index in [0.29, 0.717) is 34.1 Å². The maximum atomic E-state index is 13.0. The molecule has 0 atom stereocenters.